The molecule has 0 spiro atoms. The van der Waals surface area contributed by atoms with Crippen LogP contribution in [-0.2, 0) is 20.8 Å². The number of ether oxygens (including phenoxy) is 1. The predicted octanol–water partition coefficient (Wildman–Crippen LogP) is 6.29. The van der Waals surface area contributed by atoms with Crippen LogP contribution in [0.1, 0.15) is 82.0 Å². The smallest absolute Gasteiger partial charge is 0.388 e. The van der Waals surface area contributed by atoms with Gasteiger partial charge in [-0.05, 0) is 49.9 Å². The highest BCUT2D eigenvalue weighted by atomic mass is 32.2. The number of nitrogens with one attached hydrogen (secondary N) is 2. The molecular formula is C26H38F4N4O4S. The van der Waals surface area contributed by atoms with Crippen molar-refractivity contribution in [1.29, 1.82) is 5.41 Å². The van der Waals surface area contributed by atoms with E-state index in [9.17, 15) is 30.8 Å². The molecule has 13 heteroatoms. The topological polar surface area (TPSA) is 122 Å². The maximum absolute atomic E-state index is 14.5. The highest BCUT2D eigenvalue weighted by Gasteiger charge is 2.39. The molecule has 2 aromatic rings. The Hall–Kier alpha value is -2.93. The normalized spacial score (nSPS) is 12.3. The molecule has 220 valence electrons. The third-order valence-corrected chi connectivity index (χ3v) is 8.17. The Labute approximate surface area is 228 Å². The first kappa shape index (κ1) is 36.1. The zero-order chi connectivity index (χ0) is 30.6. The van der Waals surface area contributed by atoms with Crippen LogP contribution in [-0.4, -0.2) is 54.7 Å². The maximum atomic E-state index is 14.5. The Balaban J connectivity index is 0.00000269. The predicted molar refractivity (Wildman–Crippen MR) is 145 cm³/mol. The van der Waals surface area contributed by atoms with Gasteiger partial charge < -0.3 is 15.5 Å². The zero-order valence-electron chi connectivity index (χ0n) is 23.5. The molecule has 0 fully saturated rings. The van der Waals surface area contributed by atoms with E-state index in [1.54, 1.807) is 14.2 Å². The fourth-order valence-electron chi connectivity index (χ4n) is 3.15. The second-order valence-corrected chi connectivity index (χ2v) is 11.4. The molecule has 2 N–H and O–H groups in total. The fourth-order valence-corrected chi connectivity index (χ4v) is 4.88. The Morgan fingerprint density at radius 2 is 1.69 bits per heavy atom. The third kappa shape index (κ3) is 10.3. The van der Waals surface area contributed by atoms with E-state index in [4.69, 9.17) is 5.41 Å². The molecule has 0 radical (unpaired) electrons. The first-order chi connectivity index (χ1) is 18.0. The van der Waals surface area contributed by atoms with E-state index in [0.717, 1.165) is 6.07 Å². The van der Waals surface area contributed by atoms with Gasteiger partial charge in [0, 0.05) is 25.6 Å². The number of methoxy groups -OCH3 is 1. The molecule has 1 atom stereocenters. The molecule has 0 aliphatic heterocycles. The van der Waals surface area contributed by atoms with E-state index in [2.05, 4.69) is 20.0 Å². The standard InChI is InChI=1S/C22H26F4N4O3S.C2H6O.C2H6/c1-5-6-18(27)21(3,4)34(32,33)12-13(2)15-9-14(7-8-16(15)23)30-20(31)17-10-29-19(11-28-17)22(24,25)26;1-3-2;1-2/h7-11,13,27H,5-6,12H2,1-4H3,(H,30,31);1-2H3;1-2H3. The summed E-state index contributed by atoms with van der Waals surface area (Å²) in [4.78, 5) is 19.0. The van der Waals surface area contributed by atoms with Crippen LogP contribution in [0.4, 0.5) is 23.2 Å². The van der Waals surface area contributed by atoms with Crippen LogP contribution in [0.2, 0.25) is 0 Å². The minimum absolute atomic E-state index is 0.0256. The molecule has 0 saturated heterocycles. The van der Waals surface area contributed by atoms with Crippen molar-refractivity contribution in [3.05, 3.63) is 53.4 Å². The Morgan fingerprint density at radius 1 is 1.13 bits per heavy atom. The molecule has 0 aliphatic carbocycles. The van der Waals surface area contributed by atoms with Crippen molar-refractivity contribution in [2.45, 2.75) is 71.2 Å². The molecular weight excluding hydrogens is 540 g/mol. The Bertz CT molecular complexity index is 1190. The van der Waals surface area contributed by atoms with E-state index >= 15 is 0 Å². The number of halogens is 4. The number of sulfone groups is 1. The average molecular weight is 579 g/mol. The van der Waals surface area contributed by atoms with Gasteiger partial charge in [0.05, 0.1) is 18.1 Å². The lowest BCUT2D eigenvalue weighted by molar-refractivity contribution is -0.141. The average Bonchev–Trinajstić information content (AvgIpc) is 2.86. The number of hydrogen-bond donors (Lipinski definition) is 2. The Morgan fingerprint density at radius 3 is 2.15 bits per heavy atom. The molecule has 1 aromatic carbocycles. The molecule has 2 rings (SSSR count). The number of hydrogen-bond acceptors (Lipinski definition) is 7. The summed E-state index contributed by atoms with van der Waals surface area (Å²) in [6.07, 6.45) is -2.66. The van der Waals surface area contributed by atoms with Gasteiger partial charge in [0.2, 0.25) is 0 Å². The number of rotatable bonds is 9. The summed E-state index contributed by atoms with van der Waals surface area (Å²) in [6.45, 7) is 10.3. The molecule has 0 aliphatic rings. The highest BCUT2D eigenvalue weighted by Crippen LogP contribution is 2.30. The van der Waals surface area contributed by atoms with Crippen molar-refractivity contribution in [3.63, 3.8) is 0 Å². The van der Waals surface area contributed by atoms with Crippen LogP contribution >= 0.6 is 0 Å². The number of alkyl halides is 3. The highest BCUT2D eigenvalue weighted by molar-refractivity contribution is 7.93. The number of benzene rings is 1. The van der Waals surface area contributed by atoms with Gasteiger partial charge in [-0.3, -0.25) is 4.79 Å². The van der Waals surface area contributed by atoms with Crippen LogP contribution < -0.4 is 5.32 Å². The molecule has 1 unspecified atom stereocenters. The number of amides is 1. The summed E-state index contributed by atoms with van der Waals surface area (Å²) >= 11 is 0. The molecule has 1 heterocycles. The summed E-state index contributed by atoms with van der Waals surface area (Å²) in [7, 11) is -0.579. The second-order valence-electron chi connectivity index (χ2n) is 8.80. The third-order valence-electron chi connectivity index (χ3n) is 5.43. The minimum atomic E-state index is -4.70. The molecule has 39 heavy (non-hydrogen) atoms. The molecule has 0 saturated carbocycles. The summed E-state index contributed by atoms with van der Waals surface area (Å²) in [6, 6.07) is 3.54. The number of carbonyl (C=O) groups excluding carboxylic acids is 1. The van der Waals surface area contributed by atoms with Crippen LogP contribution in [0.5, 0.6) is 0 Å². The van der Waals surface area contributed by atoms with Crippen molar-refractivity contribution in [2.24, 2.45) is 0 Å². The lowest BCUT2D eigenvalue weighted by Gasteiger charge is -2.27. The molecule has 1 aromatic heterocycles. The van der Waals surface area contributed by atoms with Crippen LogP contribution in [0.15, 0.2) is 30.6 Å². The SMILES string of the molecule is CC.CCCC(=N)C(C)(C)S(=O)(=O)CC(C)c1cc(NC(=O)c2cnc(C(F)(F)F)cn2)ccc1F.COC. The summed E-state index contributed by atoms with van der Waals surface area (Å²) < 4.78 is 81.1. The van der Waals surface area contributed by atoms with Crippen molar-refractivity contribution in [2.75, 3.05) is 25.3 Å². The van der Waals surface area contributed by atoms with Gasteiger partial charge in [-0.15, -0.1) is 0 Å². The largest absolute Gasteiger partial charge is 0.434 e. The van der Waals surface area contributed by atoms with Gasteiger partial charge in [-0.2, -0.15) is 13.2 Å². The quantitative estimate of drug-likeness (QED) is 0.266. The van der Waals surface area contributed by atoms with Gasteiger partial charge in [0.15, 0.2) is 15.5 Å². The maximum Gasteiger partial charge on any atom is 0.434 e. The summed E-state index contributed by atoms with van der Waals surface area (Å²) in [5.41, 5.74) is -1.44. The lowest BCUT2D eigenvalue weighted by atomic mass is 10.0. The first-order valence-electron chi connectivity index (χ1n) is 12.2. The lowest BCUT2D eigenvalue weighted by Crippen LogP contribution is -2.42. The van der Waals surface area contributed by atoms with Gasteiger partial charge in [-0.25, -0.2) is 22.8 Å². The van der Waals surface area contributed by atoms with E-state index in [0.29, 0.717) is 25.2 Å². The number of nitrogens with zero attached hydrogens (tertiary/aromatic N) is 2. The zero-order valence-corrected chi connectivity index (χ0v) is 24.3. The fraction of sp³-hybridized carbons (Fsp3) is 0.538. The van der Waals surface area contributed by atoms with Gasteiger partial charge in [-0.1, -0.05) is 34.1 Å². The second kappa shape index (κ2) is 15.6. The van der Waals surface area contributed by atoms with Crippen LogP contribution in [0.3, 0.4) is 0 Å². The van der Waals surface area contributed by atoms with E-state index < -0.39 is 49.8 Å². The first-order valence-corrected chi connectivity index (χ1v) is 13.9. The van der Waals surface area contributed by atoms with Crippen molar-refractivity contribution < 1.29 is 35.5 Å². The van der Waals surface area contributed by atoms with Gasteiger partial charge in [0.1, 0.15) is 16.3 Å². The molecule has 0 bridgehead atoms. The van der Waals surface area contributed by atoms with Gasteiger partial charge in [0.25, 0.3) is 5.91 Å². The van der Waals surface area contributed by atoms with Crippen molar-refractivity contribution in [1.82, 2.24) is 9.97 Å². The van der Waals surface area contributed by atoms with Crippen molar-refractivity contribution >= 4 is 27.1 Å². The molecule has 1 amide bonds. The van der Waals surface area contributed by atoms with E-state index in [1.807, 2.05) is 20.8 Å². The van der Waals surface area contributed by atoms with Crippen LogP contribution in [0.25, 0.3) is 0 Å². The van der Waals surface area contributed by atoms with Gasteiger partial charge >= 0.3 is 6.18 Å². The van der Waals surface area contributed by atoms with E-state index in [-0.39, 0.29) is 22.7 Å². The van der Waals surface area contributed by atoms with E-state index in [1.165, 1.54) is 32.9 Å². The number of anilines is 1. The minimum Gasteiger partial charge on any atom is -0.388 e. The van der Waals surface area contributed by atoms with Crippen LogP contribution in [0, 0.1) is 11.2 Å². The van der Waals surface area contributed by atoms with Crippen molar-refractivity contribution in [3.8, 4) is 0 Å². The summed E-state index contributed by atoms with van der Waals surface area (Å²) in [5.74, 6) is -2.78. The summed E-state index contributed by atoms with van der Waals surface area (Å²) in [5, 5.41) is 10.5. The molecule has 8 nitrogen and oxygen atoms in total. The number of carbonyl (C=O) groups is 1. The Kier molecular flexibility index (Phi) is 14.4. The monoisotopic (exact) mass is 578 g/mol. The number of aromatic nitrogens is 2.